The zero-order valence-electron chi connectivity index (χ0n) is 15.7. The van der Waals surface area contributed by atoms with Crippen molar-refractivity contribution in [3.63, 3.8) is 0 Å². The van der Waals surface area contributed by atoms with E-state index in [1.54, 1.807) is 6.26 Å². The molecular formula is C24H25NO3. The number of H-pyrrole nitrogens is 1. The maximum absolute atomic E-state index is 6.34. The molecule has 0 amide bonds. The zero-order valence-corrected chi connectivity index (χ0v) is 15.7. The molecule has 0 spiro atoms. The molecule has 4 nitrogen and oxygen atoms in total. The highest BCUT2D eigenvalue weighted by Crippen LogP contribution is 2.30. The van der Waals surface area contributed by atoms with E-state index >= 15 is 0 Å². The highest BCUT2D eigenvalue weighted by atomic mass is 16.6. The summed E-state index contributed by atoms with van der Waals surface area (Å²) in [5, 5.41) is 0. The third-order valence-corrected chi connectivity index (χ3v) is 4.92. The van der Waals surface area contributed by atoms with Gasteiger partial charge < -0.3 is 19.2 Å². The van der Waals surface area contributed by atoms with Crippen molar-refractivity contribution in [2.45, 2.75) is 31.3 Å². The van der Waals surface area contributed by atoms with Crippen LogP contribution in [0.25, 0.3) is 0 Å². The largest absolute Gasteiger partial charge is 0.493 e. The molecule has 0 fully saturated rings. The fourth-order valence-corrected chi connectivity index (χ4v) is 3.46. The Balaban J connectivity index is 1.44. The molecule has 4 heteroatoms. The second kappa shape index (κ2) is 9.40. The van der Waals surface area contributed by atoms with Gasteiger partial charge in [0.1, 0.15) is 12.2 Å². The molecule has 1 aliphatic rings. The van der Waals surface area contributed by atoms with Crippen LogP contribution in [0.5, 0.6) is 0 Å². The van der Waals surface area contributed by atoms with Gasteiger partial charge in [0.25, 0.3) is 0 Å². The first-order valence-electron chi connectivity index (χ1n) is 9.63. The fourth-order valence-electron chi connectivity index (χ4n) is 3.46. The van der Waals surface area contributed by atoms with E-state index in [0.29, 0.717) is 19.8 Å². The summed E-state index contributed by atoms with van der Waals surface area (Å²) in [5.74, 6) is 0.0952. The van der Waals surface area contributed by atoms with Gasteiger partial charge in [0, 0.05) is 11.9 Å². The van der Waals surface area contributed by atoms with Crippen LogP contribution in [0.3, 0.4) is 0 Å². The molecule has 28 heavy (non-hydrogen) atoms. The first-order valence-corrected chi connectivity index (χ1v) is 9.63. The van der Waals surface area contributed by atoms with Crippen LogP contribution in [0.1, 0.15) is 22.7 Å². The first-order chi connectivity index (χ1) is 13.9. The van der Waals surface area contributed by atoms with Crippen LogP contribution in [-0.2, 0) is 27.4 Å². The highest BCUT2D eigenvalue weighted by molar-refractivity contribution is 5.21. The molecule has 0 saturated heterocycles. The zero-order chi connectivity index (χ0) is 19.0. The van der Waals surface area contributed by atoms with E-state index < -0.39 is 0 Å². The molecule has 0 aliphatic carbocycles. The summed E-state index contributed by atoms with van der Waals surface area (Å²) in [5.41, 5.74) is 3.41. The number of nitrogens with one attached hydrogen (secondary N) is 1. The smallest absolute Gasteiger partial charge is 0.148 e. The van der Waals surface area contributed by atoms with Crippen LogP contribution in [0.15, 0.2) is 91.3 Å². The number of rotatable bonds is 8. The van der Waals surface area contributed by atoms with Crippen molar-refractivity contribution in [2.24, 2.45) is 0 Å². The summed E-state index contributed by atoms with van der Waals surface area (Å²) >= 11 is 0. The number of hydrogen-bond acceptors (Lipinski definition) is 3. The Kier molecular flexibility index (Phi) is 6.22. The molecule has 4 rings (SSSR count). The van der Waals surface area contributed by atoms with E-state index in [2.05, 4.69) is 41.4 Å². The number of aromatic amines is 1. The SMILES string of the molecule is C1=C[C@H](c2ccc[nH]2)[C@H](OCc2ccccc2)[C@@H](COCc2ccccc2)O1. The summed E-state index contributed by atoms with van der Waals surface area (Å²) in [6.45, 7) is 1.56. The van der Waals surface area contributed by atoms with E-state index in [0.717, 1.165) is 16.8 Å². The highest BCUT2D eigenvalue weighted by Gasteiger charge is 2.34. The summed E-state index contributed by atoms with van der Waals surface area (Å²) < 4.78 is 18.2. The van der Waals surface area contributed by atoms with Crippen LogP contribution >= 0.6 is 0 Å². The molecular weight excluding hydrogens is 350 g/mol. The van der Waals surface area contributed by atoms with E-state index in [1.807, 2.05) is 48.7 Å². The lowest BCUT2D eigenvalue weighted by atomic mass is 9.92. The normalized spacial score (nSPS) is 21.4. The molecule has 144 valence electrons. The average molecular weight is 375 g/mol. The average Bonchev–Trinajstić information content (AvgIpc) is 3.29. The van der Waals surface area contributed by atoms with Crippen molar-refractivity contribution >= 4 is 0 Å². The lowest BCUT2D eigenvalue weighted by Crippen LogP contribution is -2.41. The Hall–Kier alpha value is -2.82. The minimum Gasteiger partial charge on any atom is -0.493 e. The van der Waals surface area contributed by atoms with E-state index in [4.69, 9.17) is 14.2 Å². The maximum Gasteiger partial charge on any atom is 0.148 e. The van der Waals surface area contributed by atoms with Crippen LogP contribution in [0.2, 0.25) is 0 Å². The second-order valence-electron chi connectivity index (χ2n) is 6.92. The quantitative estimate of drug-likeness (QED) is 0.614. The van der Waals surface area contributed by atoms with Crippen molar-refractivity contribution in [1.29, 1.82) is 0 Å². The lowest BCUT2D eigenvalue weighted by molar-refractivity contribution is -0.0993. The van der Waals surface area contributed by atoms with Gasteiger partial charge in [-0.3, -0.25) is 0 Å². The minimum atomic E-state index is -0.175. The number of benzene rings is 2. The van der Waals surface area contributed by atoms with Gasteiger partial charge in [-0.2, -0.15) is 0 Å². The monoisotopic (exact) mass is 375 g/mol. The van der Waals surface area contributed by atoms with Crippen molar-refractivity contribution in [3.05, 3.63) is 108 Å². The van der Waals surface area contributed by atoms with E-state index in [1.165, 1.54) is 0 Å². The summed E-state index contributed by atoms with van der Waals surface area (Å²) in [4.78, 5) is 3.31. The number of ether oxygens (including phenoxy) is 3. The fraction of sp³-hybridized carbons (Fsp3) is 0.250. The Labute approximate surface area is 165 Å². The molecule has 3 atom stereocenters. The third-order valence-electron chi connectivity index (χ3n) is 4.92. The maximum atomic E-state index is 6.34. The molecule has 3 aromatic rings. The van der Waals surface area contributed by atoms with Crippen LogP contribution in [0, 0.1) is 0 Å². The first kappa shape index (κ1) is 18.5. The lowest BCUT2D eigenvalue weighted by Gasteiger charge is -2.34. The van der Waals surface area contributed by atoms with Crippen LogP contribution < -0.4 is 0 Å². The van der Waals surface area contributed by atoms with Crippen molar-refractivity contribution < 1.29 is 14.2 Å². The second-order valence-corrected chi connectivity index (χ2v) is 6.92. The summed E-state index contributed by atoms with van der Waals surface area (Å²) in [6.07, 6.45) is 5.44. The Morgan fingerprint density at radius 1 is 0.821 bits per heavy atom. The van der Waals surface area contributed by atoms with Gasteiger partial charge in [-0.15, -0.1) is 0 Å². The van der Waals surface area contributed by atoms with E-state index in [9.17, 15) is 0 Å². The van der Waals surface area contributed by atoms with Crippen LogP contribution in [0.4, 0.5) is 0 Å². The molecule has 0 unspecified atom stereocenters. The van der Waals surface area contributed by atoms with Gasteiger partial charge in [-0.05, 0) is 29.3 Å². The topological polar surface area (TPSA) is 43.5 Å². The Morgan fingerprint density at radius 3 is 2.21 bits per heavy atom. The number of hydrogen-bond donors (Lipinski definition) is 1. The molecule has 2 aromatic carbocycles. The van der Waals surface area contributed by atoms with Gasteiger partial charge in [-0.25, -0.2) is 0 Å². The molecule has 0 radical (unpaired) electrons. The standard InChI is InChI=1S/C24H25NO3/c1-3-8-19(9-4-1)16-26-18-23-24(28-17-20-10-5-2-6-11-20)21(13-15-27-23)22-12-7-14-25-22/h1-15,21,23-25H,16-18H2/t21-,23-,24+/m1/s1. The van der Waals surface area contributed by atoms with Gasteiger partial charge in [0.15, 0.2) is 0 Å². The van der Waals surface area contributed by atoms with Crippen molar-refractivity contribution in [2.75, 3.05) is 6.61 Å². The Bertz CT molecular complexity index is 846. The van der Waals surface area contributed by atoms with Crippen molar-refractivity contribution in [1.82, 2.24) is 4.98 Å². The Morgan fingerprint density at radius 2 is 1.54 bits per heavy atom. The molecule has 1 aromatic heterocycles. The van der Waals surface area contributed by atoms with Crippen molar-refractivity contribution in [3.8, 4) is 0 Å². The van der Waals surface area contributed by atoms with E-state index in [-0.39, 0.29) is 18.1 Å². The molecule has 2 heterocycles. The predicted octanol–water partition coefficient (Wildman–Crippen LogP) is 4.81. The molecule has 1 N–H and O–H groups in total. The molecule has 1 aliphatic heterocycles. The number of aromatic nitrogens is 1. The van der Waals surface area contributed by atoms with Gasteiger partial charge in [-0.1, -0.05) is 60.7 Å². The third kappa shape index (κ3) is 4.71. The van der Waals surface area contributed by atoms with Gasteiger partial charge >= 0.3 is 0 Å². The summed E-state index contributed by atoms with van der Waals surface area (Å²) in [7, 11) is 0. The molecule has 0 bridgehead atoms. The molecule has 0 saturated carbocycles. The minimum absolute atomic E-state index is 0.0952. The van der Waals surface area contributed by atoms with Gasteiger partial charge in [0.05, 0.1) is 32.0 Å². The summed E-state index contributed by atoms with van der Waals surface area (Å²) in [6, 6.07) is 24.5. The van der Waals surface area contributed by atoms with Crippen LogP contribution in [-0.4, -0.2) is 23.8 Å². The van der Waals surface area contributed by atoms with Gasteiger partial charge in [0.2, 0.25) is 0 Å². The predicted molar refractivity (Wildman–Crippen MR) is 109 cm³/mol.